The van der Waals surface area contributed by atoms with Crippen molar-refractivity contribution in [2.75, 3.05) is 6.61 Å². The lowest BCUT2D eigenvalue weighted by Gasteiger charge is -2.04. The number of hydrogen-bond donors (Lipinski definition) is 0. The first kappa shape index (κ1) is 12.6. The van der Waals surface area contributed by atoms with Gasteiger partial charge >= 0.3 is 0 Å². The summed E-state index contributed by atoms with van der Waals surface area (Å²) in [5.41, 5.74) is 0. The minimum Gasteiger partial charge on any atom is -0.486 e. The van der Waals surface area contributed by atoms with Crippen molar-refractivity contribution in [2.24, 2.45) is 0 Å². The van der Waals surface area contributed by atoms with E-state index in [-0.39, 0.29) is 12.4 Å². The highest BCUT2D eigenvalue weighted by Crippen LogP contribution is 2.16. The maximum absolute atomic E-state index is 11.4. The van der Waals surface area contributed by atoms with Crippen LogP contribution in [0.25, 0.3) is 0 Å². The number of ketones is 1. The molecule has 2 nitrogen and oxygen atoms in total. The van der Waals surface area contributed by atoms with Gasteiger partial charge in [-0.3, -0.25) is 4.79 Å². The summed E-state index contributed by atoms with van der Waals surface area (Å²) >= 11 is 5.78. The first-order valence-electron chi connectivity index (χ1n) is 5.02. The molecular formula is C13H13ClO2. The Balaban J connectivity index is 2.33. The van der Waals surface area contributed by atoms with Gasteiger partial charge in [0.1, 0.15) is 12.4 Å². The molecule has 84 valence electrons. The molecule has 0 aliphatic heterocycles. The number of rotatable bonds is 5. The van der Waals surface area contributed by atoms with E-state index in [2.05, 4.69) is 11.8 Å². The van der Waals surface area contributed by atoms with Crippen LogP contribution in [-0.2, 0) is 4.79 Å². The van der Waals surface area contributed by atoms with E-state index in [1.165, 1.54) is 0 Å². The van der Waals surface area contributed by atoms with Gasteiger partial charge in [0.15, 0.2) is 5.78 Å². The first-order valence-corrected chi connectivity index (χ1v) is 5.40. The van der Waals surface area contributed by atoms with E-state index in [1.807, 2.05) is 0 Å². The Morgan fingerprint density at radius 3 is 3.00 bits per heavy atom. The van der Waals surface area contributed by atoms with Crippen molar-refractivity contribution in [3.63, 3.8) is 0 Å². The van der Waals surface area contributed by atoms with E-state index in [9.17, 15) is 4.79 Å². The number of halogens is 1. The fourth-order valence-corrected chi connectivity index (χ4v) is 1.30. The van der Waals surface area contributed by atoms with Crippen LogP contribution < -0.4 is 4.74 Å². The summed E-state index contributed by atoms with van der Waals surface area (Å²) < 4.78 is 5.30. The molecule has 0 atom stereocenters. The molecule has 1 rings (SSSR count). The fourth-order valence-electron chi connectivity index (χ4n) is 1.12. The Hall–Kier alpha value is -1.46. The zero-order chi connectivity index (χ0) is 11.8. The second kappa shape index (κ2) is 6.92. The average molecular weight is 237 g/mol. The van der Waals surface area contributed by atoms with Crippen LogP contribution in [0.2, 0.25) is 5.02 Å². The molecule has 0 unspecified atom stereocenters. The van der Waals surface area contributed by atoms with Crippen LogP contribution in [0.15, 0.2) is 24.3 Å². The highest BCUT2D eigenvalue weighted by atomic mass is 35.5. The summed E-state index contributed by atoms with van der Waals surface area (Å²) in [5.74, 6) is 6.24. The fraction of sp³-hybridized carbons (Fsp3) is 0.308. The van der Waals surface area contributed by atoms with E-state index >= 15 is 0 Å². The van der Waals surface area contributed by atoms with Crippen molar-refractivity contribution in [2.45, 2.75) is 19.8 Å². The van der Waals surface area contributed by atoms with Crippen molar-refractivity contribution < 1.29 is 9.53 Å². The van der Waals surface area contributed by atoms with Crippen LogP contribution in [0.4, 0.5) is 0 Å². The summed E-state index contributed by atoms with van der Waals surface area (Å²) in [5, 5.41) is 0.599. The van der Waals surface area contributed by atoms with Gasteiger partial charge in [-0.25, -0.2) is 0 Å². The summed E-state index contributed by atoms with van der Waals surface area (Å²) in [6, 6.07) is 6.99. The molecule has 3 heteroatoms. The molecule has 0 saturated heterocycles. The van der Waals surface area contributed by atoms with Gasteiger partial charge in [0.2, 0.25) is 0 Å². The molecule has 0 aliphatic carbocycles. The van der Waals surface area contributed by atoms with Crippen molar-refractivity contribution >= 4 is 17.4 Å². The lowest BCUT2D eigenvalue weighted by Crippen LogP contribution is -2.10. The highest BCUT2D eigenvalue weighted by Gasteiger charge is 2.02. The van der Waals surface area contributed by atoms with Crippen molar-refractivity contribution in [3.8, 4) is 17.6 Å². The third-order valence-corrected chi connectivity index (χ3v) is 2.14. The van der Waals surface area contributed by atoms with Crippen LogP contribution >= 0.6 is 11.6 Å². The van der Waals surface area contributed by atoms with E-state index in [4.69, 9.17) is 16.3 Å². The number of Topliss-reactive ketones (excluding diaryl/α,β-unsaturated/α-hetero) is 1. The van der Waals surface area contributed by atoms with E-state index < -0.39 is 0 Å². The number of carbonyl (C=O) groups excluding carboxylic acids is 1. The molecule has 16 heavy (non-hydrogen) atoms. The maximum Gasteiger partial charge on any atom is 0.171 e. The summed E-state index contributed by atoms with van der Waals surface area (Å²) in [6.07, 6.45) is 1.02. The summed E-state index contributed by atoms with van der Waals surface area (Å²) in [6.45, 7) is 1.83. The highest BCUT2D eigenvalue weighted by molar-refractivity contribution is 6.30. The minimum atomic E-state index is 0.0442. The zero-order valence-electron chi connectivity index (χ0n) is 9.13. The van der Waals surface area contributed by atoms with Crippen LogP contribution in [0.3, 0.4) is 0 Å². The Kier molecular flexibility index (Phi) is 5.45. The van der Waals surface area contributed by atoms with Gasteiger partial charge in [0, 0.05) is 17.9 Å². The van der Waals surface area contributed by atoms with Crippen LogP contribution in [0.5, 0.6) is 5.75 Å². The van der Waals surface area contributed by atoms with Crippen LogP contribution in [0, 0.1) is 11.8 Å². The Morgan fingerprint density at radius 1 is 1.50 bits per heavy atom. The van der Waals surface area contributed by atoms with Gasteiger partial charge in [-0.2, -0.15) is 0 Å². The molecule has 0 radical (unpaired) electrons. The molecule has 0 fully saturated rings. The molecule has 0 bridgehead atoms. The lowest BCUT2D eigenvalue weighted by molar-refractivity contribution is -0.120. The van der Waals surface area contributed by atoms with Gasteiger partial charge in [0.25, 0.3) is 0 Å². The monoisotopic (exact) mass is 236 g/mol. The normalized spacial score (nSPS) is 9.12. The smallest absolute Gasteiger partial charge is 0.171 e. The predicted molar refractivity (Wildman–Crippen MR) is 64.6 cm³/mol. The standard InChI is InChI=1S/C13H13ClO2/c1-2-3-4-7-12(15)10-16-13-8-5-6-11(14)9-13/h5-6,8-9H,4,7,10H2,1H3. The van der Waals surface area contributed by atoms with Crippen LogP contribution in [-0.4, -0.2) is 12.4 Å². The second-order valence-electron chi connectivity index (χ2n) is 3.21. The topological polar surface area (TPSA) is 26.3 Å². The number of ether oxygens (including phenoxy) is 1. The molecular weight excluding hydrogens is 224 g/mol. The molecule has 0 aromatic heterocycles. The van der Waals surface area contributed by atoms with Crippen molar-refractivity contribution in [1.29, 1.82) is 0 Å². The first-order chi connectivity index (χ1) is 7.72. The van der Waals surface area contributed by atoms with E-state index in [0.717, 1.165) is 0 Å². The van der Waals surface area contributed by atoms with Gasteiger partial charge in [0.05, 0.1) is 0 Å². The maximum atomic E-state index is 11.4. The Labute approximate surface area is 101 Å². The van der Waals surface area contributed by atoms with Gasteiger partial charge in [-0.15, -0.1) is 11.8 Å². The Bertz CT molecular complexity index is 415. The molecule has 0 spiro atoms. The zero-order valence-corrected chi connectivity index (χ0v) is 9.88. The van der Waals surface area contributed by atoms with Gasteiger partial charge < -0.3 is 4.74 Å². The predicted octanol–water partition coefficient (Wildman–Crippen LogP) is 3.09. The van der Waals surface area contributed by atoms with Gasteiger partial charge in [-0.1, -0.05) is 17.7 Å². The minimum absolute atomic E-state index is 0.0442. The molecule has 1 aromatic carbocycles. The molecule has 0 saturated carbocycles. The molecule has 1 aromatic rings. The number of hydrogen-bond acceptors (Lipinski definition) is 2. The van der Waals surface area contributed by atoms with Gasteiger partial charge in [-0.05, 0) is 25.1 Å². The van der Waals surface area contributed by atoms with Crippen molar-refractivity contribution in [1.82, 2.24) is 0 Å². The van der Waals surface area contributed by atoms with Crippen molar-refractivity contribution in [3.05, 3.63) is 29.3 Å². The summed E-state index contributed by atoms with van der Waals surface area (Å²) in [4.78, 5) is 11.4. The van der Waals surface area contributed by atoms with E-state index in [0.29, 0.717) is 23.6 Å². The third-order valence-electron chi connectivity index (χ3n) is 1.90. The SMILES string of the molecule is CC#CCCC(=O)COc1cccc(Cl)c1. The van der Waals surface area contributed by atoms with Crippen LogP contribution in [0.1, 0.15) is 19.8 Å². The largest absolute Gasteiger partial charge is 0.486 e. The Morgan fingerprint density at radius 2 is 2.31 bits per heavy atom. The molecule has 0 aliphatic rings. The number of benzene rings is 1. The lowest BCUT2D eigenvalue weighted by atomic mass is 10.2. The van der Waals surface area contributed by atoms with E-state index in [1.54, 1.807) is 31.2 Å². The average Bonchev–Trinajstić information content (AvgIpc) is 2.27. The quantitative estimate of drug-likeness (QED) is 0.735. The molecule has 0 heterocycles. The summed E-state index contributed by atoms with van der Waals surface area (Å²) in [7, 11) is 0. The molecule has 0 amide bonds. The second-order valence-corrected chi connectivity index (χ2v) is 3.65. The number of carbonyl (C=O) groups is 1. The third kappa shape index (κ3) is 4.86. The molecule has 0 N–H and O–H groups in total.